The number of rotatable bonds is 3. The van der Waals surface area contributed by atoms with Crippen LogP contribution in [-0.4, -0.2) is 41.1 Å². The Kier molecular flexibility index (Phi) is 5.12. The molecule has 0 aromatic heterocycles. The van der Waals surface area contributed by atoms with Crippen molar-refractivity contribution in [2.75, 3.05) is 13.1 Å². The van der Waals surface area contributed by atoms with Gasteiger partial charge in [0.25, 0.3) is 0 Å². The van der Waals surface area contributed by atoms with Crippen LogP contribution >= 0.6 is 0 Å². The van der Waals surface area contributed by atoms with Crippen LogP contribution in [0.15, 0.2) is 0 Å². The lowest BCUT2D eigenvalue weighted by molar-refractivity contribution is -0.150. The summed E-state index contributed by atoms with van der Waals surface area (Å²) in [5, 5.41) is 12.5. The number of urea groups is 1. The summed E-state index contributed by atoms with van der Waals surface area (Å²) in [6.07, 6.45) is 7.14. The minimum absolute atomic E-state index is 0.0797. The molecule has 1 aliphatic carbocycles. The zero-order valence-electron chi connectivity index (χ0n) is 13.2. The van der Waals surface area contributed by atoms with E-state index in [2.05, 4.69) is 12.2 Å². The molecule has 5 nitrogen and oxygen atoms in total. The number of nitrogens with one attached hydrogen (secondary N) is 1. The Bertz CT molecular complexity index is 399. The van der Waals surface area contributed by atoms with Crippen molar-refractivity contribution in [2.45, 2.75) is 64.8 Å². The van der Waals surface area contributed by atoms with Gasteiger partial charge in [0.2, 0.25) is 0 Å². The number of aliphatic carboxylic acids is 1. The normalized spacial score (nSPS) is 33.5. The Morgan fingerprint density at radius 1 is 1.33 bits per heavy atom. The summed E-state index contributed by atoms with van der Waals surface area (Å²) < 4.78 is 0. The van der Waals surface area contributed by atoms with Crippen LogP contribution < -0.4 is 5.32 Å². The smallest absolute Gasteiger partial charge is 0.317 e. The van der Waals surface area contributed by atoms with Crippen LogP contribution in [-0.2, 0) is 4.79 Å². The van der Waals surface area contributed by atoms with E-state index in [-0.39, 0.29) is 12.1 Å². The van der Waals surface area contributed by atoms with E-state index in [1.54, 1.807) is 11.8 Å². The first kappa shape index (κ1) is 16.1. The first-order valence-electron chi connectivity index (χ1n) is 8.23. The second-order valence-electron chi connectivity index (χ2n) is 6.98. The van der Waals surface area contributed by atoms with Crippen LogP contribution in [0.4, 0.5) is 4.79 Å². The van der Waals surface area contributed by atoms with E-state index in [0.717, 1.165) is 25.2 Å². The van der Waals surface area contributed by atoms with Crippen LogP contribution in [0, 0.1) is 11.3 Å². The molecule has 3 atom stereocenters. The Labute approximate surface area is 127 Å². The number of carbonyl (C=O) groups is 2. The molecule has 1 aliphatic heterocycles. The number of hydrogen-bond acceptors (Lipinski definition) is 2. The van der Waals surface area contributed by atoms with Gasteiger partial charge in [0, 0.05) is 19.1 Å². The van der Waals surface area contributed by atoms with Crippen LogP contribution in [0.5, 0.6) is 0 Å². The number of hydrogen-bond donors (Lipinski definition) is 2. The van der Waals surface area contributed by atoms with Crippen molar-refractivity contribution in [3.63, 3.8) is 0 Å². The number of carboxylic acid groups (broad SMARTS) is 1. The van der Waals surface area contributed by atoms with Gasteiger partial charge in [-0.1, -0.05) is 26.2 Å². The lowest BCUT2D eigenvalue weighted by atomic mass is 9.82. The summed E-state index contributed by atoms with van der Waals surface area (Å²) in [5.41, 5.74) is -0.798. The van der Waals surface area contributed by atoms with E-state index >= 15 is 0 Å². The lowest BCUT2D eigenvalue weighted by Gasteiger charge is -2.39. The minimum Gasteiger partial charge on any atom is -0.481 e. The van der Waals surface area contributed by atoms with Gasteiger partial charge in [0.15, 0.2) is 0 Å². The van der Waals surface area contributed by atoms with Crippen molar-refractivity contribution < 1.29 is 14.7 Å². The molecule has 120 valence electrons. The van der Waals surface area contributed by atoms with E-state index in [1.807, 2.05) is 0 Å². The number of carbonyl (C=O) groups excluding carboxylic acids is 1. The highest BCUT2D eigenvalue weighted by molar-refractivity contribution is 5.78. The van der Waals surface area contributed by atoms with Gasteiger partial charge in [-0.3, -0.25) is 4.79 Å². The van der Waals surface area contributed by atoms with Gasteiger partial charge in [0.1, 0.15) is 0 Å². The summed E-state index contributed by atoms with van der Waals surface area (Å²) in [7, 11) is 0. The highest BCUT2D eigenvalue weighted by Crippen LogP contribution is 2.30. The Morgan fingerprint density at radius 2 is 2.10 bits per heavy atom. The maximum absolute atomic E-state index is 12.4. The van der Waals surface area contributed by atoms with E-state index in [9.17, 15) is 14.7 Å². The van der Waals surface area contributed by atoms with E-state index < -0.39 is 11.4 Å². The summed E-state index contributed by atoms with van der Waals surface area (Å²) in [6.45, 7) is 4.93. The summed E-state index contributed by atoms with van der Waals surface area (Å²) >= 11 is 0. The summed E-state index contributed by atoms with van der Waals surface area (Å²) in [4.78, 5) is 25.4. The molecule has 2 fully saturated rings. The highest BCUT2D eigenvalue weighted by Gasteiger charge is 2.39. The maximum atomic E-state index is 12.4. The van der Waals surface area contributed by atoms with Gasteiger partial charge in [0.05, 0.1) is 5.41 Å². The van der Waals surface area contributed by atoms with E-state index in [0.29, 0.717) is 19.5 Å². The molecule has 2 rings (SSSR count). The maximum Gasteiger partial charge on any atom is 0.317 e. The van der Waals surface area contributed by atoms with Crippen molar-refractivity contribution in [3.05, 3.63) is 0 Å². The number of nitrogens with zero attached hydrogens (tertiary/aromatic N) is 1. The third-order valence-electron chi connectivity index (χ3n) is 5.19. The average Bonchev–Trinajstić information content (AvgIpc) is 2.47. The number of carboxylic acids is 1. The minimum atomic E-state index is -0.802. The molecule has 1 saturated heterocycles. The van der Waals surface area contributed by atoms with E-state index in [4.69, 9.17) is 0 Å². The van der Waals surface area contributed by atoms with Gasteiger partial charge in [-0.25, -0.2) is 4.79 Å². The van der Waals surface area contributed by atoms with Crippen LogP contribution in [0.1, 0.15) is 58.8 Å². The molecule has 21 heavy (non-hydrogen) atoms. The molecule has 0 spiro atoms. The van der Waals surface area contributed by atoms with Crippen molar-refractivity contribution in [2.24, 2.45) is 11.3 Å². The lowest BCUT2D eigenvalue weighted by Crippen LogP contribution is -2.53. The summed E-state index contributed by atoms with van der Waals surface area (Å²) in [5.74, 6) is -0.0848. The van der Waals surface area contributed by atoms with Gasteiger partial charge in [-0.05, 0) is 38.5 Å². The fourth-order valence-electron chi connectivity index (χ4n) is 3.65. The summed E-state index contributed by atoms with van der Waals surface area (Å²) in [6, 6.07) is 0.179. The molecule has 0 aromatic carbocycles. The fraction of sp³-hybridized carbons (Fsp3) is 0.875. The SMILES string of the molecule is CCC1CCCC(NC(=O)N2CCCC(C)(C(=O)O)C2)C1. The Hall–Kier alpha value is -1.26. The predicted molar refractivity (Wildman–Crippen MR) is 81.1 cm³/mol. The zero-order valence-corrected chi connectivity index (χ0v) is 13.2. The average molecular weight is 296 g/mol. The molecule has 2 N–H and O–H groups in total. The third-order valence-corrected chi connectivity index (χ3v) is 5.19. The van der Waals surface area contributed by atoms with Crippen molar-refractivity contribution >= 4 is 12.0 Å². The van der Waals surface area contributed by atoms with Crippen LogP contribution in [0.3, 0.4) is 0 Å². The molecule has 1 saturated carbocycles. The number of amides is 2. The molecule has 3 unspecified atom stereocenters. The molecule has 0 bridgehead atoms. The van der Waals surface area contributed by atoms with Gasteiger partial charge >= 0.3 is 12.0 Å². The second-order valence-corrected chi connectivity index (χ2v) is 6.98. The zero-order chi connectivity index (χ0) is 15.5. The third kappa shape index (κ3) is 3.89. The largest absolute Gasteiger partial charge is 0.481 e. The molecule has 2 amide bonds. The van der Waals surface area contributed by atoms with Crippen LogP contribution in [0.2, 0.25) is 0 Å². The molecule has 1 heterocycles. The standard InChI is InChI=1S/C16H28N2O3/c1-3-12-6-4-7-13(10-12)17-15(21)18-9-5-8-16(2,11-18)14(19)20/h12-13H,3-11H2,1-2H3,(H,17,21)(H,19,20). The molecular weight excluding hydrogens is 268 g/mol. The van der Waals surface area contributed by atoms with Gasteiger partial charge < -0.3 is 15.3 Å². The topological polar surface area (TPSA) is 69.6 Å². The predicted octanol–water partition coefficient (Wildman–Crippen LogP) is 2.85. The highest BCUT2D eigenvalue weighted by atomic mass is 16.4. The van der Waals surface area contributed by atoms with E-state index in [1.165, 1.54) is 19.3 Å². The van der Waals surface area contributed by atoms with Crippen molar-refractivity contribution in [1.82, 2.24) is 10.2 Å². The molecule has 0 aromatic rings. The number of likely N-dealkylation sites (tertiary alicyclic amines) is 1. The van der Waals surface area contributed by atoms with Crippen molar-refractivity contribution in [1.29, 1.82) is 0 Å². The molecule has 2 aliphatic rings. The van der Waals surface area contributed by atoms with Gasteiger partial charge in [-0.15, -0.1) is 0 Å². The van der Waals surface area contributed by atoms with Crippen LogP contribution in [0.25, 0.3) is 0 Å². The first-order valence-corrected chi connectivity index (χ1v) is 8.23. The second kappa shape index (κ2) is 6.67. The molecule has 0 radical (unpaired) electrons. The number of piperidine rings is 1. The Balaban J connectivity index is 1.89. The quantitative estimate of drug-likeness (QED) is 0.841. The Morgan fingerprint density at radius 3 is 2.76 bits per heavy atom. The monoisotopic (exact) mass is 296 g/mol. The molecular formula is C16H28N2O3. The molecule has 5 heteroatoms. The first-order chi connectivity index (χ1) is 9.94. The van der Waals surface area contributed by atoms with Gasteiger partial charge in [-0.2, -0.15) is 0 Å². The van der Waals surface area contributed by atoms with Crippen molar-refractivity contribution in [3.8, 4) is 0 Å². The fourth-order valence-corrected chi connectivity index (χ4v) is 3.65.